The van der Waals surface area contributed by atoms with E-state index in [9.17, 15) is 0 Å². The van der Waals surface area contributed by atoms with Gasteiger partial charge in [-0.3, -0.25) is 4.98 Å². The molecule has 0 saturated carbocycles. The molecule has 3 heteroatoms. The zero-order chi connectivity index (χ0) is 13.8. The lowest BCUT2D eigenvalue weighted by atomic mass is 9.89. The van der Waals surface area contributed by atoms with Crippen LogP contribution in [0.3, 0.4) is 0 Å². The largest absolute Gasteiger partial charge is 0.493 e. The third-order valence-corrected chi connectivity index (χ3v) is 3.80. The first-order chi connectivity index (χ1) is 9.90. The molecule has 0 radical (unpaired) electrons. The maximum Gasteiger partial charge on any atom is 0.122 e. The van der Waals surface area contributed by atoms with Crippen LogP contribution in [0.25, 0.3) is 0 Å². The summed E-state index contributed by atoms with van der Waals surface area (Å²) in [6.07, 6.45) is 4.89. The van der Waals surface area contributed by atoms with Crippen molar-refractivity contribution in [1.29, 1.82) is 0 Å². The van der Waals surface area contributed by atoms with E-state index in [4.69, 9.17) is 4.74 Å². The van der Waals surface area contributed by atoms with Gasteiger partial charge in [-0.2, -0.15) is 0 Å². The minimum Gasteiger partial charge on any atom is -0.493 e. The molecule has 1 aliphatic rings. The molecule has 2 atom stereocenters. The van der Waals surface area contributed by atoms with Gasteiger partial charge >= 0.3 is 0 Å². The van der Waals surface area contributed by atoms with Crippen LogP contribution < -0.4 is 10.1 Å². The molecule has 0 aliphatic carbocycles. The molecule has 0 saturated heterocycles. The monoisotopic (exact) mass is 268 g/mol. The van der Waals surface area contributed by atoms with Gasteiger partial charge in [0.2, 0.25) is 0 Å². The average molecular weight is 268 g/mol. The second-order valence-electron chi connectivity index (χ2n) is 5.17. The van der Waals surface area contributed by atoms with Crippen molar-refractivity contribution in [2.75, 3.05) is 13.2 Å². The summed E-state index contributed by atoms with van der Waals surface area (Å²) in [7, 11) is 0. The number of hydrogen-bond donors (Lipinski definition) is 1. The summed E-state index contributed by atoms with van der Waals surface area (Å²) in [6.45, 7) is 3.92. The van der Waals surface area contributed by atoms with Crippen molar-refractivity contribution in [2.24, 2.45) is 0 Å². The lowest BCUT2D eigenvalue weighted by Crippen LogP contribution is -2.28. The van der Waals surface area contributed by atoms with Gasteiger partial charge in [-0.1, -0.05) is 31.2 Å². The highest BCUT2D eigenvalue weighted by Gasteiger charge is 2.31. The van der Waals surface area contributed by atoms with Gasteiger partial charge in [0.15, 0.2) is 0 Å². The SMILES string of the molecule is CCCNC(c1cccnc1)C1COc2ccccc21. The van der Waals surface area contributed by atoms with Crippen LogP contribution in [0.5, 0.6) is 5.75 Å². The van der Waals surface area contributed by atoms with E-state index in [2.05, 4.69) is 41.5 Å². The number of pyridine rings is 1. The van der Waals surface area contributed by atoms with Crippen LogP contribution in [0.4, 0.5) is 0 Å². The van der Waals surface area contributed by atoms with Gasteiger partial charge in [0.1, 0.15) is 5.75 Å². The fraction of sp³-hybridized carbons (Fsp3) is 0.353. The quantitative estimate of drug-likeness (QED) is 0.903. The van der Waals surface area contributed by atoms with E-state index in [-0.39, 0.29) is 6.04 Å². The molecule has 104 valence electrons. The van der Waals surface area contributed by atoms with Gasteiger partial charge in [-0.25, -0.2) is 0 Å². The summed E-state index contributed by atoms with van der Waals surface area (Å²) < 4.78 is 5.83. The van der Waals surface area contributed by atoms with Gasteiger partial charge in [-0.05, 0) is 30.7 Å². The fourth-order valence-electron chi connectivity index (χ4n) is 2.82. The Hall–Kier alpha value is -1.87. The number of hydrogen-bond acceptors (Lipinski definition) is 3. The number of aromatic nitrogens is 1. The normalized spacial score (nSPS) is 18.4. The molecule has 0 bridgehead atoms. The van der Waals surface area contributed by atoms with Crippen molar-refractivity contribution >= 4 is 0 Å². The van der Waals surface area contributed by atoms with Gasteiger partial charge in [0.05, 0.1) is 6.61 Å². The second kappa shape index (κ2) is 6.06. The Morgan fingerprint density at radius 3 is 3.00 bits per heavy atom. The van der Waals surface area contributed by atoms with Crippen LogP contribution in [-0.4, -0.2) is 18.1 Å². The van der Waals surface area contributed by atoms with E-state index < -0.39 is 0 Å². The Labute approximate surface area is 120 Å². The minimum absolute atomic E-state index is 0.257. The molecule has 0 fully saturated rings. The summed E-state index contributed by atoms with van der Waals surface area (Å²) in [5.41, 5.74) is 2.52. The first-order valence-electron chi connectivity index (χ1n) is 7.25. The van der Waals surface area contributed by atoms with Crippen LogP contribution in [0.2, 0.25) is 0 Å². The molecule has 2 unspecified atom stereocenters. The van der Waals surface area contributed by atoms with Crippen LogP contribution in [0.1, 0.15) is 36.4 Å². The molecule has 3 rings (SSSR count). The maximum atomic E-state index is 5.83. The number of fused-ring (bicyclic) bond motifs is 1. The predicted molar refractivity (Wildman–Crippen MR) is 79.9 cm³/mol. The maximum absolute atomic E-state index is 5.83. The Bertz CT molecular complexity index is 556. The van der Waals surface area contributed by atoms with E-state index >= 15 is 0 Å². The molecule has 2 aromatic rings. The molecule has 1 N–H and O–H groups in total. The number of nitrogens with one attached hydrogen (secondary N) is 1. The smallest absolute Gasteiger partial charge is 0.122 e. The number of para-hydroxylation sites is 1. The first kappa shape index (κ1) is 13.1. The van der Waals surface area contributed by atoms with Gasteiger partial charge < -0.3 is 10.1 Å². The standard InChI is InChI=1S/C17H20N2O/c1-2-9-19-17(13-6-5-10-18-11-13)15-12-20-16-8-4-3-7-14(15)16/h3-8,10-11,15,17,19H,2,9,12H2,1H3. The van der Waals surface area contributed by atoms with Crippen molar-refractivity contribution in [3.63, 3.8) is 0 Å². The van der Waals surface area contributed by atoms with Crippen molar-refractivity contribution in [1.82, 2.24) is 10.3 Å². The third kappa shape index (κ3) is 2.54. The molecule has 20 heavy (non-hydrogen) atoms. The van der Waals surface area contributed by atoms with Crippen LogP contribution in [0.15, 0.2) is 48.8 Å². The molecule has 1 aromatic carbocycles. The second-order valence-corrected chi connectivity index (χ2v) is 5.17. The highest BCUT2D eigenvalue weighted by molar-refractivity contribution is 5.41. The molecular formula is C17H20N2O. The van der Waals surface area contributed by atoms with E-state index in [0.29, 0.717) is 5.92 Å². The molecule has 1 aliphatic heterocycles. The van der Waals surface area contributed by atoms with Gasteiger partial charge in [0.25, 0.3) is 0 Å². The van der Waals surface area contributed by atoms with Crippen molar-refractivity contribution < 1.29 is 4.74 Å². The van der Waals surface area contributed by atoms with E-state index in [1.807, 2.05) is 24.5 Å². The molecule has 1 aromatic heterocycles. The predicted octanol–water partition coefficient (Wildman–Crippen LogP) is 3.30. The number of nitrogens with zero attached hydrogens (tertiary/aromatic N) is 1. The van der Waals surface area contributed by atoms with Gasteiger partial charge in [0, 0.05) is 29.9 Å². The van der Waals surface area contributed by atoms with Crippen LogP contribution in [-0.2, 0) is 0 Å². The number of rotatable bonds is 5. The zero-order valence-corrected chi connectivity index (χ0v) is 11.8. The zero-order valence-electron chi connectivity index (χ0n) is 11.8. The molecule has 0 spiro atoms. The Kier molecular flexibility index (Phi) is 3.97. The number of ether oxygens (including phenoxy) is 1. The highest BCUT2D eigenvalue weighted by Crippen LogP contribution is 2.40. The molecule has 3 nitrogen and oxygen atoms in total. The molecule has 2 heterocycles. The van der Waals surface area contributed by atoms with Crippen molar-refractivity contribution in [3.8, 4) is 5.75 Å². The minimum atomic E-state index is 0.257. The van der Waals surface area contributed by atoms with Gasteiger partial charge in [-0.15, -0.1) is 0 Å². The summed E-state index contributed by atoms with van der Waals surface area (Å²) >= 11 is 0. The lowest BCUT2D eigenvalue weighted by Gasteiger charge is -2.24. The fourth-order valence-corrected chi connectivity index (χ4v) is 2.82. The molecule has 0 amide bonds. The third-order valence-electron chi connectivity index (χ3n) is 3.80. The summed E-state index contributed by atoms with van der Waals surface area (Å²) in [4.78, 5) is 4.26. The average Bonchev–Trinajstić information content (AvgIpc) is 2.93. The summed E-state index contributed by atoms with van der Waals surface area (Å²) in [5.74, 6) is 1.37. The lowest BCUT2D eigenvalue weighted by molar-refractivity contribution is 0.299. The van der Waals surface area contributed by atoms with Crippen LogP contribution in [0, 0.1) is 0 Å². The Morgan fingerprint density at radius 2 is 2.20 bits per heavy atom. The number of benzene rings is 1. The molecular weight excluding hydrogens is 248 g/mol. The topological polar surface area (TPSA) is 34.2 Å². The van der Waals surface area contributed by atoms with Crippen molar-refractivity contribution in [2.45, 2.75) is 25.3 Å². The van der Waals surface area contributed by atoms with E-state index in [1.165, 1.54) is 11.1 Å². The Balaban J connectivity index is 1.91. The van der Waals surface area contributed by atoms with Crippen molar-refractivity contribution in [3.05, 3.63) is 59.9 Å². The first-order valence-corrected chi connectivity index (χ1v) is 7.25. The van der Waals surface area contributed by atoms with Crippen LogP contribution >= 0.6 is 0 Å². The summed E-state index contributed by atoms with van der Waals surface area (Å²) in [5, 5.41) is 3.65. The Morgan fingerprint density at radius 1 is 1.30 bits per heavy atom. The van der Waals surface area contributed by atoms with E-state index in [1.54, 1.807) is 0 Å². The highest BCUT2D eigenvalue weighted by atomic mass is 16.5. The summed E-state index contributed by atoms with van der Waals surface area (Å²) in [6, 6.07) is 12.7. The van der Waals surface area contributed by atoms with E-state index in [0.717, 1.165) is 25.3 Å².